The van der Waals surface area contributed by atoms with Gasteiger partial charge < -0.3 is 4.79 Å². The van der Waals surface area contributed by atoms with E-state index >= 15 is 0 Å². The van der Waals surface area contributed by atoms with Gasteiger partial charge in [-0.25, -0.2) is 8.42 Å². The SMILES string of the molecule is CCS(=O)(=O)CC(C)C=O. The lowest BCUT2D eigenvalue weighted by Gasteiger charge is -2.01. The standard InChI is InChI=1S/C6H12O3S/c1-3-10(8,9)5-6(2)4-7/h4,6H,3,5H2,1-2H3. The summed E-state index contributed by atoms with van der Waals surface area (Å²) in [5.74, 6) is -0.275. The molecule has 1 unspecified atom stereocenters. The smallest absolute Gasteiger partial charge is 0.150 e. The van der Waals surface area contributed by atoms with Crippen LogP contribution in [-0.4, -0.2) is 26.2 Å². The molecule has 0 saturated heterocycles. The van der Waals surface area contributed by atoms with Crippen molar-refractivity contribution in [3.05, 3.63) is 0 Å². The van der Waals surface area contributed by atoms with Crippen molar-refractivity contribution in [2.75, 3.05) is 11.5 Å². The summed E-state index contributed by atoms with van der Waals surface area (Å²) in [6.45, 7) is 3.17. The van der Waals surface area contributed by atoms with Gasteiger partial charge in [-0.05, 0) is 0 Å². The number of rotatable bonds is 4. The zero-order valence-electron chi connectivity index (χ0n) is 6.20. The maximum Gasteiger partial charge on any atom is 0.150 e. The first-order valence-corrected chi connectivity index (χ1v) is 4.99. The molecule has 0 rings (SSSR count). The van der Waals surface area contributed by atoms with Gasteiger partial charge in [-0.3, -0.25) is 0 Å². The summed E-state index contributed by atoms with van der Waals surface area (Å²) in [6.07, 6.45) is 0.660. The molecule has 0 heterocycles. The molecule has 0 aliphatic carbocycles. The Labute approximate surface area is 61.4 Å². The van der Waals surface area contributed by atoms with Gasteiger partial charge in [0.25, 0.3) is 0 Å². The van der Waals surface area contributed by atoms with E-state index in [-0.39, 0.29) is 17.4 Å². The van der Waals surface area contributed by atoms with Crippen LogP contribution < -0.4 is 0 Å². The molecule has 0 aromatic heterocycles. The highest BCUT2D eigenvalue weighted by atomic mass is 32.2. The van der Waals surface area contributed by atoms with Gasteiger partial charge in [0.15, 0.2) is 9.84 Å². The van der Waals surface area contributed by atoms with Crippen molar-refractivity contribution in [2.45, 2.75) is 13.8 Å². The molecule has 0 amide bonds. The fourth-order valence-electron chi connectivity index (χ4n) is 0.558. The highest BCUT2D eigenvalue weighted by molar-refractivity contribution is 7.91. The van der Waals surface area contributed by atoms with Crippen LogP contribution in [0.25, 0.3) is 0 Å². The molecule has 0 aliphatic heterocycles. The van der Waals surface area contributed by atoms with E-state index in [1.807, 2.05) is 0 Å². The van der Waals surface area contributed by atoms with Crippen LogP contribution in [0.3, 0.4) is 0 Å². The fourth-order valence-corrected chi connectivity index (χ4v) is 1.67. The van der Waals surface area contributed by atoms with Gasteiger partial charge in [0.05, 0.1) is 5.75 Å². The molecular weight excluding hydrogens is 152 g/mol. The number of aldehydes is 1. The predicted octanol–water partition coefficient (Wildman–Crippen LogP) is 0.256. The second-order valence-corrected chi connectivity index (χ2v) is 4.71. The van der Waals surface area contributed by atoms with E-state index < -0.39 is 9.84 Å². The van der Waals surface area contributed by atoms with E-state index in [4.69, 9.17) is 0 Å². The number of hydrogen-bond donors (Lipinski definition) is 0. The van der Waals surface area contributed by atoms with Crippen LogP contribution in [0.15, 0.2) is 0 Å². The first kappa shape index (κ1) is 9.62. The summed E-state index contributed by atoms with van der Waals surface area (Å²) in [4.78, 5) is 10.0. The number of sulfone groups is 1. The molecule has 3 nitrogen and oxygen atoms in total. The summed E-state index contributed by atoms with van der Waals surface area (Å²) in [5.41, 5.74) is 0. The van der Waals surface area contributed by atoms with Gasteiger partial charge in [-0.2, -0.15) is 0 Å². The Hall–Kier alpha value is -0.380. The molecule has 4 heteroatoms. The molecule has 1 atom stereocenters. The molecular formula is C6H12O3S. The van der Waals surface area contributed by atoms with Crippen molar-refractivity contribution in [3.8, 4) is 0 Å². The first-order valence-electron chi connectivity index (χ1n) is 3.17. The van der Waals surface area contributed by atoms with Crippen molar-refractivity contribution < 1.29 is 13.2 Å². The number of hydrogen-bond acceptors (Lipinski definition) is 3. The Balaban J connectivity index is 4.02. The van der Waals surface area contributed by atoms with E-state index in [2.05, 4.69) is 0 Å². The Morgan fingerprint density at radius 1 is 1.50 bits per heavy atom. The maximum atomic E-state index is 10.8. The largest absolute Gasteiger partial charge is 0.303 e. The average Bonchev–Trinajstić information content (AvgIpc) is 1.87. The molecule has 0 saturated carbocycles. The Morgan fingerprint density at radius 3 is 2.30 bits per heavy atom. The molecule has 0 N–H and O–H groups in total. The lowest BCUT2D eigenvalue weighted by molar-refractivity contribution is -0.110. The molecule has 0 aliphatic rings. The minimum Gasteiger partial charge on any atom is -0.303 e. The Bertz CT molecular complexity index is 193. The average molecular weight is 164 g/mol. The summed E-state index contributed by atoms with van der Waals surface area (Å²) in [6, 6.07) is 0. The molecule has 0 fully saturated rings. The topological polar surface area (TPSA) is 51.2 Å². The lowest BCUT2D eigenvalue weighted by atomic mass is 10.3. The number of carbonyl (C=O) groups is 1. The third-order valence-electron chi connectivity index (χ3n) is 1.19. The molecule has 0 aromatic rings. The van der Waals surface area contributed by atoms with E-state index in [9.17, 15) is 13.2 Å². The van der Waals surface area contributed by atoms with Gasteiger partial charge >= 0.3 is 0 Å². The predicted molar refractivity (Wildman–Crippen MR) is 39.6 cm³/mol. The Kier molecular flexibility index (Phi) is 3.57. The normalized spacial score (nSPS) is 14.6. The minimum atomic E-state index is -2.96. The fraction of sp³-hybridized carbons (Fsp3) is 0.833. The second kappa shape index (κ2) is 3.71. The molecule has 0 aromatic carbocycles. The zero-order valence-corrected chi connectivity index (χ0v) is 7.02. The molecule has 0 radical (unpaired) electrons. The zero-order chi connectivity index (χ0) is 8.20. The third-order valence-corrected chi connectivity index (χ3v) is 3.10. The third kappa shape index (κ3) is 3.61. The number of carbonyl (C=O) groups excluding carboxylic acids is 1. The summed E-state index contributed by atoms with van der Waals surface area (Å²) < 4.78 is 21.6. The Morgan fingerprint density at radius 2 is 2.00 bits per heavy atom. The van der Waals surface area contributed by atoms with Crippen LogP contribution in [-0.2, 0) is 14.6 Å². The molecule has 0 spiro atoms. The van der Waals surface area contributed by atoms with Crippen molar-refractivity contribution in [2.24, 2.45) is 5.92 Å². The van der Waals surface area contributed by atoms with Gasteiger partial charge in [-0.15, -0.1) is 0 Å². The second-order valence-electron chi connectivity index (χ2n) is 2.31. The van der Waals surface area contributed by atoms with Gasteiger partial charge in [0.2, 0.25) is 0 Å². The van der Waals surface area contributed by atoms with Crippen molar-refractivity contribution in [3.63, 3.8) is 0 Å². The molecule has 10 heavy (non-hydrogen) atoms. The molecule has 0 bridgehead atoms. The monoisotopic (exact) mass is 164 g/mol. The van der Waals surface area contributed by atoms with Crippen LogP contribution in [0.4, 0.5) is 0 Å². The highest BCUT2D eigenvalue weighted by Gasteiger charge is 2.11. The van der Waals surface area contributed by atoms with Crippen LogP contribution in [0.5, 0.6) is 0 Å². The first-order chi connectivity index (χ1) is 4.52. The van der Waals surface area contributed by atoms with Crippen LogP contribution in [0, 0.1) is 5.92 Å². The van der Waals surface area contributed by atoms with Crippen LogP contribution in [0.2, 0.25) is 0 Å². The summed E-state index contributed by atoms with van der Waals surface area (Å²) in [5, 5.41) is 0. The van der Waals surface area contributed by atoms with Crippen molar-refractivity contribution in [1.29, 1.82) is 0 Å². The summed E-state index contributed by atoms with van der Waals surface area (Å²) >= 11 is 0. The summed E-state index contributed by atoms with van der Waals surface area (Å²) in [7, 11) is -2.96. The van der Waals surface area contributed by atoms with Gasteiger partial charge in [0.1, 0.15) is 6.29 Å². The van der Waals surface area contributed by atoms with E-state index in [1.54, 1.807) is 13.8 Å². The van der Waals surface area contributed by atoms with E-state index in [1.165, 1.54) is 0 Å². The highest BCUT2D eigenvalue weighted by Crippen LogP contribution is 1.97. The maximum absolute atomic E-state index is 10.8. The molecule has 60 valence electrons. The van der Waals surface area contributed by atoms with Crippen molar-refractivity contribution in [1.82, 2.24) is 0 Å². The van der Waals surface area contributed by atoms with E-state index in [0.717, 1.165) is 0 Å². The van der Waals surface area contributed by atoms with Crippen LogP contribution >= 0.6 is 0 Å². The van der Waals surface area contributed by atoms with Crippen molar-refractivity contribution >= 4 is 16.1 Å². The van der Waals surface area contributed by atoms with E-state index in [0.29, 0.717) is 6.29 Å². The van der Waals surface area contributed by atoms with Crippen LogP contribution in [0.1, 0.15) is 13.8 Å². The minimum absolute atomic E-state index is 0.0208. The lowest BCUT2D eigenvalue weighted by Crippen LogP contribution is -2.16. The van der Waals surface area contributed by atoms with Gasteiger partial charge in [-0.1, -0.05) is 13.8 Å². The quantitative estimate of drug-likeness (QED) is 0.560. The van der Waals surface area contributed by atoms with Gasteiger partial charge in [0, 0.05) is 11.7 Å².